The van der Waals surface area contributed by atoms with Gasteiger partial charge in [0.2, 0.25) is 5.91 Å². The van der Waals surface area contributed by atoms with Crippen molar-refractivity contribution < 1.29 is 14.3 Å². The van der Waals surface area contributed by atoms with Crippen LogP contribution < -0.4 is 5.32 Å². The number of rotatable bonds is 3. The Kier molecular flexibility index (Phi) is 4.34. The van der Waals surface area contributed by atoms with E-state index in [9.17, 15) is 14.3 Å². The first kappa shape index (κ1) is 12.8. The Morgan fingerprint density at radius 3 is 2.94 bits per heavy atom. The summed E-state index contributed by atoms with van der Waals surface area (Å²) in [5.74, 6) is 0.0253. The quantitative estimate of drug-likeness (QED) is 0.751. The maximum Gasteiger partial charge on any atom is 0.239 e. The minimum absolute atomic E-state index is 0.0590. The van der Waals surface area contributed by atoms with Crippen molar-refractivity contribution in [3.63, 3.8) is 0 Å². The summed E-state index contributed by atoms with van der Waals surface area (Å²) in [6.07, 6.45) is 2.41. The van der Waals surface area contributed by atoms with Crippen LogP contribution in [0.3, 0.4) is 0 Å². The highest BCUT2D eigenvalue weighted by Crippen LogP contribution is 2.22. The zero-order valence-electron chi connectivity index (χ0n) is 10.1. The van der Waals surface area contributed by atoms with Crippen molar-refractivity contribution in [2.45, 2.75) is 37.8 Å². The van der Waals surface area contributed by atoms with Crippen molar-refractivity contribution in [2.75, 3.05) is 26.3 Å². The van der Waals surface area contributed by atoms with Crippen LogP contribution in [-0.2, 0) is 4.79 Å². The van der Waals surface area contributed by atoms with Crippen molar-refractivity contribution in [1.29, 1.82) is 0 Å². The Balaban J connectivity index is 1.90. The molecular formula is C12H21FN2O2. The summed E-state index contributed by atoms with van der Waals surface area (Å²) in [6.45, 7) is 1.58. The Bertz CT molecular complexity index is 269. The Hall–Kier alpha value is -0.680. The molecule has 4 nitrogen and oxygen atoms in total. The molecule has 2 saturated heterocycles. The number of aliphatic hydroxyl groups is 1. The lowest BCUT2D eigenvalue weighted by molar-refractivity contribution is -0.137. The van der Waals surface area contributed by atoms with Crippen molar-refractivity contribution in [1.82, 2.24) is 10.2 Å². The predicted molar refractivity (Wildman–Crippen MR) is 62.3 cm³/mol. The SMILES string of the molecule is O=C([C@@H]1CCCN1)N1CC[C@@H](O)[C@H](CCF)C1. The maximum absolute atomic E-state index is 12.4. The Labute approximate surface area is 101 Å². The van der Waals surface area contributed by atoms with Gasteiger partial charge in [0, 0.05) is 19.0 Å². The fourth-order valence-electron chi connectivity index (χ4n) is 2.76. The van der Waals surface area contributed by atoms with Gasteiger partial charge in [-0.1, -0.05) is 0 Å². The van der Waals surface area contributed by atoms with E-state index in [-0.39, 0.29) is 17.9 Å². The van der Waals surface area contributed by atoms with Gasteiger partial charge in [-0.25, -0.2) is 0 Å². The average molecular weight is 244 g/mol. The second-order valence-electron chi connectivity index (χ2n) is 5.03. The third-order valence-electron chi connectivity index (χ3n) is 3.84. The molecule has 2 fully saturated rings. The highest BCUT2D eigenvalue weighted by atomic mass is 19.1. The molecule has 0 aromatic heterocycles. The summed E-state index contributed by atoms with van der Waals surface area (Å²) in [7, 11) is 0. The van der Waals surface area contributed by atoms with Crippen LogP contribution in [0.2, 0.25) is 0 Å². The molecule has 0 saturated carbocycles. The lowest BCUT2D eigenvalue weighted by Gasteiger charge is -2.37. The van der Waals surface area contributed by atoms with Crippen LogP contribution in [0.5, 0.6) is 0 Å². The van der Waals surface area contributed by atoms with Crippen molar-refractivity contribution in [3.8, 4) is 0 Å². The lowest BCUT2D eigenvalue weighted by atomic mass is 9.91. The van der Waals surface area contributed by atoms with Crippen LogP contribution in [-0.4, -0.2) is 54.4 Å². The number of amides is 1. The number of carbonyl (C=O) groups excluding carboxylic acids is 1. The number of halogens is 1. The van der Waals surface area contributed by atoms with Crippen LogP contribution in [0.1, 0.15) is 25.7 Å². The van der Waals surface area contributed by atoms with Gasteiger partial charge in [-0.15, -0.1) is 0 Å². The Morgan fingerprint density at radius 1 is 1.47 bits per heavy atom. The van der Waals surface area contributed by atoms with E-state index in [2.05, 4.69) is 5.32 Å². The van der Waals surface area contributed by atoms with Crippen molar-refractivity contribution in [2.24, 2.45) is 5.92 Å². The zero-order valence-corrected chi connectivity index (χ0v) is 10.1. The zero-order chi connectivity index (χ0) is 12.3. The topological polar surface area (TPSA) is 52.6 Å². The van der Waals surface area contributed by atoms with Gasteiger partial charge in [0.15, 0.2) is 0 Å². The van der Waals surface area contributed by atoms with Gasteiger partial charge in [0.05, 0.1) is 18.8 Å². The van der Waals surface area contributed by atoms with Gasteiger partial charge in [-0.3, -0.25) is 9.18 Å². The second kappa shape index (κ2) is 5.78. The first-order valence-corrected chi connectivity index (χ1v) is 6.48. The lowest BCUT2D eigenvalue weighted by Crippen LogP contribution is -2.51. The van der Waals surface area contributed by atoms with E-state index in [1.165, 1.54) is 0 Å². The second-order valence-corrected chi connectivity index (χ2v) is 5.03. The molecule has 0 aromatic carbocycles. The molecule has 3 atom stereocenters. The van der Waals surface area contributed by atoms with E-state index in [1.807, 2.05) is 0 Å². The third-order valence-corrected chi connectivity index (χ3v) is 3.84. The average Bonchev–Trinajstić information content (AvgIpc) is 2.85. The minimum atomic E-state index is -0.452. The molecule has 5 heteroatoms. The van der Waals surface area contributed by atoms with Crippen molar-refractivity contribution >= 4 is 5.91 Å². The van der Waals surface area contributed by atoms with E-state index in [4.69, 9.17) is 0 Å². The predicted octanol–water partition coefficient (Wildman–Crippen LogP) is 0.307. The van der Waals surface area contributed by atoms with Gasteiger partial charge >= 0.3 is 0 Å². The van der Waals surface area contributed by atoms with Crippen LogP contribution in [0.25, 0.3) is 0 Å². The summed E-state index contributed by atoms with van der Waals surface area (Å²) in [5.41, 5.74) is 0. The van der Waals surface area contributed by atoms with E-state index < -0.39 is 12.8 Å². The number of nitrogens with zero attached hydrogens (tertiary/aromatic N) is 1. The highest BCUT2D eigenvalue weighted by Gasteiger charge is 2.33. The standard InChI is InChI=1S/C12H21FN2O2/c13-5-3-9-8-15(7-4-11(9)16)12(17)10-2-1-6-14-10/h9-11,14,16H,1-8H2/t9-,10+,11-/m1/s1. The molecule has 0 aliphatic carbocycles. The Morgan fingerprint density at radius 2 is 2.29 bits per heavy atom. The molecule has 2 heterocycles. The fraction of sp³-hybridized carbons (Fsp3) is 0.917. The number of piperidine rings is 1. The number of nitrogens with one attached hydrogen (secondary N) is 1. The van der Waals surface area contributed by atoms with E-state index in [1.54, 1.807) is 4.90 Å². The molecule has 0 bridgehead atoms. The first-order chi connectivity index (χ1) is 8.22. The third kappa shape index (κ3) is 2.96. The van der Waals surface area contributed by atoms with Gasteiger partial charge in [0.25, 0.3) is 0 Å². The summed E-state index contributed by atoms with van der Waals surface area (Å²) >= 11 is 0. The molecule has 2 aliphatic rings. The molecule has 1 amide bonds. The van der Waals surface area contributed by atoms with Crippen molar-refractivity contribution in [3.05, 3.63) is 0 Å². The number of carbonyl (C=O) groups is 1. The fourth-order valence-corrected chi connectivity index (χ4v) is 2.76. The first-order valence-electron chi connectivity index (χ1n) is 6.48. The summed E-state index contributed by atoms with van der Waals surface area (Å²) in [4.78, 5) is 13.9. The maximum atomic E-state index is 12.4. The minimum Gasteiger partial charge on any atom is -0.393 e. The molecular weight excluding hydrogens is 223 g/mol. The van der Waals surface area contributed by atoms with Crippen LogP contribution in [0.15, 0.2) is 0 Å². The molecule has 0 spiro atoms. The van der Waals surface area contributed by atoms with E-state index in [0.717, 1.165) is 19.4 Å². The van der Waals surface area contributed by atoms with Gasteiger partial charge < -0.3 is 15.3 Å². The normalized spacial score (nSPS) is 34.0. The number of alkyl halides is 1. The molecule has 0 unspecified atom stereocenters. The molecule has 98 valence electrons. The highest BCUT2D eigenvalue weighted by molar-refractivity contribution is 5.82. The number of hydrogen-bond donors (Lipinski definition) is 2. The van der Waals surface area contributed by atoms with Crippen LogP contribution in [0.4, 0.5) is 4.39 Å². The summed E-state index contributed by atoms with van der Waals surface area (Å²) in [5, 5.41) is 12.9. The molecule has 0 radical (unpaired) electrons. The van der Waals surface area contributed by atoms with E-state index in [0.29, 0.717) is 25.9 Å². The summed E-state index contributed by atoms with van der Waals surface area (Å²) < 4.78 is 12.4. The smallest absolute Gasteiger partial charge is 0.239 e. The van der Waals surface area contributed by atoms with Gasteiger partial charge in [-0.05, 0) is 32.2 Å². The van der Waals surface area contributed by atoms with Gasteiger partial charge in [-0.2, -0.15) is 0 Å². The van der Waals surface area contributed by atoms with Crippen LogP contribution in [0, 0.1) is 5.92 Å². The van der Waals surface area contributed by atoms with E-state index >= 15 is 0 Å². The van der Waals surface area contributed by atoms with Gasteiger partial charge in [0.1, 0.15) is 0 Å². The molecule has 2 rings (SSSR count). The number of aliphatic hydroxyl groups excluding tert-OH is 1. The monoisotopic (exact) mass is 244 g/mol. The summed E-state index contributed by atoms with van der Waals surface area (Å²) in [6, 6.07) is -0.0590. The molecule has 2 N–H and O–H groups in total. The molecule has 2 aliphatic heterocycles. The number of likely N-dealkylation sites (tertiary alicyclic amines) is 1. The molecule has 0 aromatic rings. The number of hydrogen-bond acceptors (Lipinski definition) is 3. The largest absolute Gasteiger partial charge is 0.393 e. The molecule has 17 heavy (non-hydrogen) atoms. The van der Waals surface area contributed by atoms with Crippen LogP contribution >= 0.6 is 0 Å².